The van der Waals surface area contributed by atoms with Crippen molar-refractivity contribution in [1.29, 1.82) is 0 Å². The molecule has 2 unspecified atom stereocenters. The number of rotatable bonds is 2. The van der Waals surface area contributed by atoms with Crippen LogP contribution in [0.1, 0.15) is 46.0 Å². The monoisotopic (exact) mass is 198 g/mol. The lowest BCUT2D eigenvalue weighted by Gasteiger charge is -2.48. The van der Waals surface area contributed by atoms with Gasteiger partial charge in [0, 0.05) is 6.61 Å². The topological polar surface area (TPSA) is 29.5 Å². The Balaban J connectivity index is 1.93. The molecule has 14 heavy (non-hydrogen) atoms. The summed E-state index contributed by atoms with van der Waals surface area (Å²) in [5, 5.41) is 10.0. The van der Waals surface area contributed by atoms with E-state index < -0.39 is 0 Å². The minimum Gasteiger partial charge on any atom is -0.393 e. The van der Waals surface area contributed by atoms with Crippen molar-refractivity contribution in [2.75, 3.05) is 6.61 Å². The summed E-state index contributed by atoms with van der Waals surface area (Å²) in [6.07, 6.45) is 5.75. The van der Waals surface area contributed by atoms with Gasteiger partial charge in [-0.15, -0.1) is 0 Å². The highest BCUT2D eigenvalue weighted by Crippen LogP contribution is 2.45. The van der Waals surface area contributed by atoms with E-state index in [0.717, 1.165) is 19.4 Å². The third-order valence-electron chi connectivity index (χ3n) is 3.96. The highest BCUT2D eigenvalue weighted by Gasteiger charge is 2.44. The van der Waals surface area contributed by atoms with Gasteiger partial charge in [0.25, 0.3) is 0 Å². The van der Waals surface area contributed by atoms with Gasteiger partial charge in [-0.3, -0.25) is 0 Å². The van der Waals surface area contributed by atoms with E-state index in [4.69, 9.17) is 4.74 Å². The van der Waals surface area contributed by atoms with Gasteiger partial charge < -0.3 is 9.84 Å². The lowest BCUT2D eigenvalue weighted by molar-refractivity contribution is -0.160. The van der Waals surface area contributed by atoms with E-state index in [2.05, 4.69) is 13.8 Å². The molecule has 0 aromatic heterocycles. The van der Waals surface area contributed by atoms with Gasteiger partial charge >= 0.3 is 0 Å². The molecule has 1 saturated carbocycles. The minimum absolute atomic E-state index is 0.128. The number of hydrogen-bond acceptors (Lipinski definition) is 2. The normalized spacial score (nSPS) is 33.0. The summed E-state index contributed by atoms with van der Waals surface area (Å²) >= 11 is 0. The maximum atomic E-state index is 10.0. The Morgan fingerprint density at radius 1 is 1.36 bits per heavy atom. The summed E-state index contributed by atoms with van der Waals surface area (Å²) in [6, 6.07) is 0. The van der Waals surface area contributed by atoms with Crippen LogP contribution < -0.4 is 0 Å². The molecule has 1 aliphatic carbocycles. The molecule has 1 spiro atoms. The smallest absolute Gasteiger partial charge is 0.0686 e. The maximum absolute atomic E-state index is 10.0. The number of aliphatic hydroxyl groups excluding tert-OH is 1. The molecule has 2 atom stereocenters. The zero-order chi connectivity index (χ0) is 10.2. The van der Waals surface area contributed by atoms with Crippen LogP contribution in [0.5, 0.6) is 0 Å². The Morgan fingerprint density at radius 3 is 2.57 bits per heavy atom. The Bertz CT molecular complexity index is 196. The van der Waals surface area contributed by atoms with E-state index >= 15 is 0 Å². The first-order valence-electron chi connectivity index (χ1n) is 5.95. The van der Waals surface area contributed by atoms with E-state index in [1.807, 2.05) is 0 Å². The van der Waals surface area contributed by atoms with E-state index in [0.29, 0.717) is 11.8 Å². The molecular formula is C12H22O2. The van der Waals surface area contributed by atoms with Crippen LogP contribution in [0.25, 0.3) is 0 Å². The predicted molar refractivity (Wildman–Crippen MR) is 56.1 cm³/mol. The van der Waals surface area contributed by atoms with Gasteiger partial charge in [0.05, 0.1) is 11.7 Å². The third-order valence-corrected chi connectivity index (χ3v) is 3.96. The molecule has 1 saturated heterocycles. The first kappa shape index (κ1) is 10.4. The van der Waals surface area contributed by atoms with Crippen molar-refractivity contribution >= 4 is 0 Å². The van der Waals surface area contributed by atoms with Crippen LogP contribution in [0.2, 0.25) is 0 Å². The molecule has 0 radical (unpaired) electrons. The van der Waals surface area contributed by atoms with Crippen molar-refractivity contribution in [1.82, 2.24) is 0 Å². The highest BCUT2D eigenvalue weighted by atomic mass is 16.5. The molecule has 0 aromatic carbocycles. The zero-order valence-corrected chi connectivity index (χ0v) is 9.33. The Morgan fingerprint density at radius 2 is 2.07 bits per heavy atom. The standard InChI is InChI=1S/C12H22O2/c1-9(2)11(13)10-4-7-14-12(8-10)5-3-6-12/h9-11,13H,3-8H2,1-2H3. The number of ether oxygens (including phenoxy) is 1. The van der Waals surface area contributed by atoms with Gasteiger partial charge in [-0.25, -0.2) is 0 Å². The first-order valence-corrected chi connectivity index (χ1v) is 5.95. The average Bonchev–Trinajstić information content (AvgIpc) is 2.14. The van der Waals surface area contributed by atoms with Gasteiger partial charge in [0.15, 0.2) is 0 Å². The number of hydrogen-bond donors (Lipinski definition) is 1. The largest absolute Gasteiger partial charge is 0.393 e. The Kier molecular flexibility index (Phi) is 2.85. The second kappa shape index (κ2) is 3.82. The lowest BCUT2D eigenvalue weighted by atomic mass is 9.70. The summed E-state index contributed by atoms with van der Waals surface area (Å²) in [4.78, 5) is 0. The summed E-state index contributed by atoms with van der Waals surface area (Å²) in [7, 11) is 0. The summed E-state index contributed by atoms with van der Waals surface area (Å²) in [5.74, 6) is 0.860. The fourth-order valence-electron chi connectivity index (χ4n) is 2.82. The van der Waals surface area contributed by atoms with Crippen molar-refractivity contribution in [2.45, 2.75) is 57.7 Å². The van der Waals surface area contributed by atoms with Crippen LogP contribution in [0.4, 0.5) is 0 Å². The van der Waals surface area contributed by atoms with Crippen LogP contribution in [0.15, 0.2) is 0 Å². The quantitative estimate of drug-likeness (QED) is 0.738. The molecule has 0 amide bonds. The van der Waals surface area contributed by atoms with E-state index in [9.17, 15) is 5.11 Å². The van der Waals surface area contributed by atoms with Crippen LogP contribution in [-0.2, 0) is 4.74 Å². The highest BCUT2D eigenvalue weighted by molar-refractivity contribution is 4.95. The van der Waals surface area contributed by atoms with Gasteiger partial charge in [-0.1, -0.05) is 13.8 Å². The molecule has 0 bridgehead atoms. The van der Waals surface area contributed by atoms with Gasteiger partial charge in [-0.05, 0) is 43.9 Å². The van der Waals surface area contributed by atoms with Crippen molar-refractivity contribution < 1.29 is 9.84 Å². The van der Waals surface area contributed by atoms with Crippen LogP contribution in [0.3, 0.4) is 0 Å². The van der Waals surface area contributed by atoms with Crippen LogP contribution in [-0.4, -0.2) is 23.4 Å². The molecule has 2 rings (SSSR count). The minimum atomic E-state index is -0.128. The Hall–Kier alpha value is -0.0800. The van der Waals surface area contributed by atoms with Crippen LogP contribution >= 0.6 is 0 Å². The molecule has 82 valence electrons. The van der Waals surface area contributed by atoms with Crippen molar-refractivity contribution in [3.05, 3.63) is 0 Å². The summed E-state index contributed by atoms with van der Waals surface area (Å²) in [5.41, 5.74) is 0.179. The first-order chi connectivity index (χ1) is 6.63. The molecule has 1 aliphatic heterocycles. The van der Waals surface area contributed by atoms with Gasteiger partial charge in [-0.2, -0.15) is 0 Å². The second-order valence-corrected chi connectivity index (χ2v) is 5.37. The maximum Gasteiger partial charge on any atom is 0.0686 e. The van der Waals surface area contributed by atoms with E-state index in [1.165, 1.54) is 19.3 Å². The van der Waals surface area contributed by atoms with Gasteiger partial charge in [0.1, 0.15) is 0 Å². The molecular weight excluding hydrogens is 176 g/mol. The van der Waals surface area contributed by atoms with Crippen molar-refractivity contribution in [3.63, 3.8) is 0 Å². The molecule has 2 aliphatic rings. The molecule has 2 fully saturated rings. The van der Waals surface area contributed by atoms with Crippen LogP contribution in [0, 0.1) is 11.8 Å². The SMILES string of the molecule is CC(C)C(O)C1CCOC2(CCC2)C1. The lowest BCUT2D eigenvalue weighted by Crippen LogP contribution is -2.48. The molecule has 2 heteroatoms. The van der Waals surface area contributed by atoms with E-state index in [1.54, 1.807) is 0 Å². The fraction of sp³-hybridized carbons (Fsp3) is 1.00. The molecule has 0 aromatic rings. The summed E-state index contributed by atoms with van der Waals surface area (Å²) in [6.45, 7) is 5.07. The third kappa shape index (κ3) is 1.82. The van der Waals surface area contributed by atoms with Gasteiger partial charge in [0.2, 0.25) is 0 Å². The fourth-order valence-corrected chi connectivity index (χ4v) is 2.82. The predicted octanol–water partition coefficient (Wildman–Crippen LogP) is 2.35. The molecule has 1 N–H and O–H groups in total. The van der Waals surface area contributed by atoms with Crippen molar-refractivity contribution in [2.24, 2.45) is 11.8 Å². The molecule has 2 nitrogen and oxygen atoms in total. The summed E-state index contributed by atoms with van der Waals surface area (Å²) < 4.78 is 5.85. The molecule has 1 heterocycles. The number of aliphatic hydroxyl groups is 1. The second-order valence-electron chi connectivity index (χ2n) is 5.37. The Labute approximate surface area is 86.6 Å². The van der Waals surface area contributed by atoms with E-state index in [-0.39, 0.29) is 11.7 Å². The zero-order valence-electron chi connectivity index (χ0n) is 9.33. The van der Waals surface area contributed by atoms with Crippen molar-refractivity contribution in [3.8, 4) is 0 Å². The average molecular weight is 198 g/mol.